The largest absolute Gasteiger partial charge is 0.462 e. The summed E-state index contributed by atoms with van der Waals surface area (Å²) in [5.74, 6) is 0.917. The molecular formula is C64H124O6. The van der Waals surface area contributed by atoms with E-state index < -0.39 is 6.10 Å². The van der Waals surface area contributed by atoms with Gasteiger partial charge in [0.2, 0.25) is 0 Å². The molecule has 2 atom stereocenters. The average molecular weight is 990 g/mol. The predicted octanol–water partition coefficient (Wildman–Crippen LogP) is 21.2. The Kier molecular flexibility index (Phi) is 55.4. The highest BCUT2D eigenvalue weighted by molar-refractivity contribution is 5.71. The SMILES string of the molecule is CCCCCCCCCCCCCCCCC(=O)OC[C@H](COC(=O)CCCCCCCCCCCCCCCC(C)C)OC(=O)CCCCCCCCCCCCCCCCCCCCC(C)CC. The second-order valence-corrected chi connectivity index (χ2v) is 22.8. The molecule has 0 aromatic heterocycles. The molecule has 1 unspecified atom stereocenters. The van der Waals surface area contributed by atoms with E-state index in [4.69, 9.17) is 14.2 Å². The van der Waals surface area contributed by atoms with Crippen LogP contribution in [0.1, 0.15) is 362 Å². The van der Waals surface area contributed by atoms with Gasteiger partial charge in [-0.1, -0.05) is 324 Å². The summed E-state index contributed by atoms with van der Waals surface area (Å²) in [6, 6.07) is 0. The van der Waals surface area contributed by atoms with Crippen LogP contribution in [0.2, 0.25) is 0 Å². The van der Waals surface area contributed by atoms with Crippen molar-refractivity contribution in [2.45, 2.75) is 368 Å². The van der Waals surface area contributed by atoms with Crippen LogP contribution in [0.3, 0.4) is 0 Å². The number of ether oxygens (including phenoxy) is 3. The predicted molar refractivity (Wildman–Crippen MR) is 303 cm³/mol. The van der Waals surface area contributed by atoms with E-state index >= 15 is 0 Å². The summed E-state index contributed by atoms with van der Waals surface area (Å²) in [6.45, 7) is 11.5. The fourth-order valence-electron chi connectivity index (χ4n) is 9.90. The van der Waals surface area contributed by atoms with Crippen LogP contribution in [0.4, 0.5) is 0 Å². The van der Waals surface area contributed by atoms with Crippen LogP contribution in [0, 0.1) is 11.8 Å². The van der Waals surface area contributed by atoms with Gasteiger partial charge in [-0.3, -0.25) is 14.4 Å². The number of unbranched alkanes of at least 4 members (excludes halogenated alkanes) is 42. The molecule has 0 aliphatic carbocycles. The number of carbonyl (C=O) groups excluding carboxylic acids is 3. The molecule has 0 aliphatic rings. The highest BCUT2D eigenvalue weighted by atomic mass is 16.6. The van der Waals surface area contributed by atoms with Crippen molar-refractivity contribution in [3.8, 4) is 0 Å². The number of carbonyl (C=O) groups is 3. The summed E-state index contributed by atoms with van der Waals surface area (Å²) in [4.78, 5) is 38.3. The molecule has 0 spiro atoms. The lowest BCUT2D eigenvalue weighted by atomic mass is 9.99. The number of esters is 3. The summed E-state index contributed by atoms with van der Waals surface area (Å²) in [7, 11) is 0. The quantitative estimate of drug-likeness (QED) is 0.0343. The zero-order valence-electron chi connectivity index (χ0n) is 48.2. The van der Waals surface area contributed by atoms with Gasteiger partial charge in [0, 0.05) is 19.3 Å². The molecule has 416 valence electrons. The molecular weight excluding hydrogens is 865 g/mol. The van der Waals surface area contributed by atoms with Gasteiger partial charge in [0.05, 0.1) is 0 Å². The zero-order chi connectivity index (χ0) is 51.1. The van der Waals surface area contributed by atoms with Crippen LogP contribution in [-0.4, -0.2) is 37.2 Å². The van der Waals surface area contributed by atoms with E-state index in [0.717, 1.165) is 69.6 Å². The van der Waals surface area contributed by atoms with Crippen molar-refractivity contribution in [1.29, 1.82) is 0 Å². The maximum atomic E-state index is 12.9. The molecule has 0 bridgehead atoms. The Balaban J connectivity index is 4.26. The molecule has 70 heavy (non-hydrogen) atoms. The maximum Gasteiger partial charge on any atom is 0.306 e. The van der Waals surface area contributed by atoms with Gasteiger partial charge in [0.25, 0.3) is 0 Å². The first kappa shape index (κ1) is 68.4. The normalized spacial score (nSPS) is 12.4. The van der Waals surface area contributed by atoms with Crippen molar-refractivity contribution in [1.82, 2.24) is 0 Å². The minimum absolute atomic E-state index is 0.0619. The fraction of sp³-hybridized carbons (Fsp3) is 0.953. The lowest BCUT2D eigenvalue weighted by molar-refractivity contribution is -0.167. The first-order valence-corrected chi connectivity index (χ1v) is 31.8. The molecule has 0 fully saturated rings. The van der Waals surface area contributed by atoms with E-state index in [1.54, 1.807) is 0 Å². The molecule has 0 aliphatic heterocycles. The lowest BCUT2D eigenvalue weighted by Crippen LogP contribution is -2.30. The topological polar surface area (TPSA) is 78.9 Å². The Bertz CT molecular complexity index is 1070. The summed E-state index contributed by atoms with van der Waals surface area (Å²) in [5, 5.41) is 0. The molecule has 0 radical (unpaired) electrons. The highest BCUT2D eigenvalue weighted by Gasteiger charge is 2.19. The second-order valence-electron chi connectivity index (χ2n) is 22.8. The first-order valence-electron chi connectivity index (χ1n) is 31.8. The summed E-state index contributed by atoms with van der Waals surface area (Å²) < 4.78 is 16.9. The monoisotopic (exact) mass is 989 g/mol. The lowest BCUT2D eigenvalue weighted by Gasteiger charge is -2.18. The van der Waals surface area contributed by atoms with Crippen LogP contribution < -0.4 is 0 Å². The van der Waals surface area contributed by atoms with Gasteiger partial charge >= 0.3 is 17.9 Å². The van der Waals surface area contributed by atoms with Gasteiger partial charge in [0.1, 0.15) is 13.2 Å². The molecule has 6 heteroatoms. The van der Waals surface area contributed by atoms with Gasteiger partial charge in [-0.25, -0.2) is 0 Å². The Morgan fingerprint density at radius 3 is 0.814 bits per heavy atom. The van der Waals surface area contributed by atoms with Crippen molar-refractivity contribution in [3.63, 3.8) is 0 Å². The number of rotatable bonds is 58. The van der Waals surface area contributed by atoms with Crippen LogP contribution >= 0.6 is 0 Å². The fourth-order valence-corrected chi connectivity index (χ4v) is 9.90. The third kappa shape index (κ3) is 55.7. The summed E-state index contributed by atoms with van der Waals surface area (Å²) in [6.07, 6.45) is 62.4. The van der Waals surface area contributed by atoms with E-state index in [2.05, 4.69) is 34.6 Å². The molecule has 0 aromatic carbocycles. The minimum atomic E-state index is -0.763. The standard InChI is InChI=1S/C64H124O6/c1-6-8-9-10-11-12-13-14-24-29-34-39-44-49-54-62(65)68-57-61(58-69-63(66)55-50-45-40-35-30-26-21-22-27-32-37-42-47-52-59(3)4)70-64(67)56-51-46-41-36-31-25-20-18-16-15-17-19-23-28-33-38-43-48-53-60(5)7-2/h59-61H,6-58H2,1-5H3/t60?,61-/m1/s1. The van der Waals surface area contributed by atoms with Crippen molar-refractivity contribution in [2.24, 2.45) is 11.8 Å². The van der Waals surface area contributed by atoms with E-state index in [1.807, 2.05) is 0 Å². The van der Waals surface area contributed by atoms with Crippen LogP contribution in [-0.2, 0) is 28.6 Å². The van der Waals surface area contributed by atoms with Crippen LogP contribution in [0.5, 0.6) is 0 Å². The van der Waals surface area contributed by atoms with Crippen molar-refractivity contribution in [3.05, 3.63) is 0 Å². The van der Waals surface area contributed by atoms with Crippen molar-refractivity contribution >= 4 is 17.9 Å². The molecule has 0 rings (SSSR count). The smallest absolute Gasteiger partial charge is 0.306 e. The molecule has 0 heterocycles. The first-order chi connectivity index (χ1) is 34.3. The second kappa shape index (κ2) is 56.7. The summed E-state index contributed by atoms with van der Waals surface area (Å²) in [5.41, 5.74) is 0. The Morgan fingerprint density at radius 2 is 0.543 bits per heavy atom. The maximum absolute atomic E-state index is 12.9. The zero-order valence-corrected chi connectivity index (χ0v) is 48.2. The van der Waals surface area contributed by atoms with E-state index in [0.29, 0.717) is 19.3 Å². The Labute approximate surface area is 438 Å². The van der Waals surface area contributed by atoms with Gasteiger partial charge in [-0.15, -0.1) is 0 Å². The molecule has 0 saturated heterocycles. The summed E-state index contributed by atoms with van der Waals surface area (Å²) >= 11 is 0. The molecule has 0 amide bonds. The Morgan fingerprint density at radius 1 is 0.300 bits per heavy atom. The molecule has 0 N–H and O–H groups in total. The van der Waals surface area contributed by atoms with Gasteiger partial charge in [-0.2, -0.15) is 0 Å². The molecule has 0 saturated carbocycles. The Hall–Kier alpha value is -1.59. The molecule has 0 aromatic rings. The highest BCUT2D eigenvalue weighted by Crippen LogP contribution is 2.19. The number of hydrogen-bond donors (Lipinski definition) is 0. The van der Waals surface area contributed by atoms with Crippen LogP contribution in [0.15, 0.2) is 0 Å². The van der Waals surface area contributed by atoms with E-state index in [9.17, 15) is 14.4 Å². The van der Waals surface area contributed by atoms with Crippen molar-refractivity contribution in [2.75, 3.05) is 13.2 Å². The number of hydrogen-bond acceptors (Lipinski definition) is 6. The minimum Gasteiger partial charge on any atom is -0.462 e. The van der Waals surface area contributed by atoms with Gasteiger partial charge in [-0.05, 0) is 31.1 Å². The van der Waals surface area contributed by atoms with E-state index in [1.165, 1.54) is 250 Å². The van der Waals surface area contributed by atoms with E-state index in [-0.39, 0.29) is 31.1 Å². The van der Waals surface area contributed by atoms with Crippen LogP contribution in [0.25, 0.3) is 0 Å². The van der Waals surface area contributed by atoms with Gasteiger partial charge in [0.15, 0.2) is 6.10 Å². The third-order valence-corrected chi connectivity index (χ3v) is 15.1. The van der Waals surface area contributed by atoms with Crippen molar-refractivity contribution < 1.29 is 28.6 Å². The third-order valence-electron chi connectivity index (χ3n) is 15.1. The van der Waals surface area contributed by atoms with Gasteiger partial charge < -0.3 is 14.2 Å². The molecule has 6 nitrogen and oxygen atoms in total. The average Bonchev–Trinajstić information content (AvgIpc) is 3.35.